The molecule has 0 radical (unpaired) electrons. The normalized spacial score (nSPS) is 18.8. The van der Waals surface area contributed by atoms with Crippen molar-refractivity contribution < 1.29 is 9.53 Å². The maximum Gasteiger partial charge on any atom is 0.409 e. The van der Waals surface area contributed by atoms with Crippen LogP contribution in [0.4, 0.5) is 10.5 Å². The minimum Gasteiger partial charge on any atom is -0.450 e. The third-order valence-electron chi connectivity index (χ3n) is 2.93. The zero-order valence-electron chi connectivity index (χ0n) is 10.4. The highest BCUT2D eigenvalue weighted by Crippen LogP contribution is 2.18. The van der Waals surface area contributed by atoms with Gasteiger partial charge in [0.15, 0.2) is 0 Å². The third-order valence-corrected chi connectivity index (χ3v) is 3.18. The van der Waals surface area contributed by atoms with E-state index in [0.29, 0.717) is 13.2 Å². The first-order valence-corrected chi connectivity index (χ1v) is 6.50. The molecule has 1 heterocycles. The Morgan fingerprint density at radius 2 is 2.22 bits per heavy atom. The van der Waals surface area contributed by atoms with E-state index in [4.69, 9.17) is 16.3 Å². The van der Waals surface area contributed by atoms with Crippen LogP contribution in [0.15, 0.2) is 24.3 Å². The van der Waals surface area contributed by atoms with E-state index >= 15 is 0 Å². The van der Waals surface area contributed by atoms with Crippen LogP contribution in [-0.2, 0) is 4.74 Å². The molecule has 1 fully saturated rings. The highest BCUT2D eigenvalue weighted by molar-refractivity contribution is 6.30. The van der Waals surface area contributed by atoms with Gasteiger partial charge in [-0.1, -0.05) is 11.6 Å². The Bertz CT molecular complexity index is 408. The molecule has 98 valence electrons. The van der Waals surface area contributed by atoms with Gasteiger partial charge in [0.05, 0.1) is 6.61 Å². The van der Waals surface area contributed by atoms with E-state index in [0.717, 1.165) is 23.7 Å². The summed E-state index contributed by atoms with van der Waals surface area (Å²) >= 11 is 5.83. The number of hydrogen-bond donors (Lipinski definition) is 1. The number of ether oxygens (including phenoxy) is 1. The lowest BCUT2D eigenvalue weighted by atomic mass is 10.2. The molecule has 2 rings (SSSR count). The van der Waals surface area contributed by atoms with Crippen molar-refractivity contribution in [2.24, 2.45) is 0 Å². The number of nitrogens with one attached hydrogen (secondary N) is 1. The third kappa shape index (κ3) is 3.29. The number of anilines is 1. The number of rotatable bonds is 3. The van der Waals surface area contributed by atoms with Crippen molar-refractivity contribution in [1.82, 2.24) is 4.90 Å². The van der Waals surface area contributed by atoms with Crippen LogP contribution in [-0.4, -0.2) is 36.7 Å². The van der Waals surface area contributed by atoms with E-state index < -0.39 is 0 Å². The Kier molecular flexibility index (Phi) is 4.31. The predicted octanol–water partition coefficient (Wildman–Crippen LogP) is 2.98. The monoisotopic (exact) mass is 268 g/mol. The summed E-state index contributed by atoms with van der Waals surface area (Å²) in [5.41, 5.74) is 1.02. The van der Waals surface area contributed by atoms with Crippen molar-refractivity contribution in [2.75, 3.05) is 25.0 Å². The standard InChI is InChI=1S/C13H17ClN2O2/c1-2-18-13(17)16-8-7-12(9-16)15-11-5-3-10(14)4-6-11/h3-6,12,15H,2,7-9H2,1H3. The van der Waals surface area contributed by atoms with Crippen molar-refractivity contribution in [3.63, 3.8) is 0 Å². The number of likely N-dealkylation sites (tertiary alicyclic amines) is 1. The van der Waals surface area contributed by atoms with E-state index in [1.807, 2.05) is 31.2 Å². The fourth-order valence-electron chi connectivity index (χ4n) is 2.04. The van der Waals surface area contributed by atoms with Gasteiger partial charge in [0.2, 0.25) is 0 Å². The molecule has 1 N–H and O–H groups in total. The summed E-state index contributed by atoms with van der Waals surface area (Å²) in [6, 6.07) is 7.85. The average Bonchev–Trinajstić information content (AvgIpc) is 2.81. The lowest BCUT2D eigenvalue weighted by Gasteiger charge is -2.17. The fraction of sp³-hybridized carbons (Fsp3) is 0.462. The smallest absolute Gasteiger partial charge is 0.409 e. The largest absolute Gasteiger partial charge is 0.450 e. The summed E-state index contributed by atoms with van der Waals surface area (Å²) in [6.07, 6.45) is 0.708. The average molecular weight is 269 g/mol. The topological polar surface area (TPSA) is 41.6 Å². The summed E-state index contributed by atoms with van der Waals surface area (Å²) < 4.78 is 4.98. The molecule has 1 atom stereocenters. The molecule has 1 aromatic carbocycles. The molecule has 0 aromatic heterocycles. The van der Waals surface area contributed by atoms with Crippen molar-refractivity contribution >= 4 is 23.4 Å². The summed E-state index contributed by atoms with van der Waals surface area (Å²) in [5.74, 6) is 0. The molecule has 1 aliphatic heterocycles. The van der Waals surface area contributed by atoms with E-state index in [1.165, 1.54) is 0 Å². The van der Waals surface area contributed by atoms with Gasteiger partial charge in [0, 0.05) is 29.8 Å². The van der Waals surface area contributed by atoms with Crippen LogP contribution in [0.25, 0.3) is 0 Å². The Morgan fingerprint density at radius 3 is 2.89 bits per heavy atom. The highest BCUT2D eigenvalue weighted by Gasteiger charge is 2.26. The molecule has 18 heavy (non-hydrogen) atoms. The first-order chi connectivity index (χ1) is 8.69. The number of hydrogen-bond acceptors (Lipinski definition) is 3. The van der Waals surface area contributed by atoms with Gasteiger partial charge in [0.25, 0.3) is 0 Å². The van der Waals surface area contributed by atoms with Gasteiger partial charge in [-0.3, -0.25) is 0 Å². The molecular weight excluding hydrogens is 252 g/mol. The Labute approximate surface area is 112 Å². The molecule has 0 saturated carbocycles. The second kappa shape index (κ2) is 5.96. The first kappa shape index (κ1) is 13.0. The number of amides is 1. The number of carbonyl (C=O) groups is 1. The van der Waals surface area contributed by atoms with Crippen LogP contribution < -0.4 is 5.32 Å². The van der Waals surface area contributed by atoms with Crippen molar-refractivity contribution in [3.05, 3.63) is 29.3 Å². The van der Waals surface area contributed by atoms with Crippen molar-refractivity contribution in [1.29, 1.82) is 0 Å². The maximum atomic E-state index is 11.5. The molecule has 0 aliphatic carbocycles. The second-order valence-electron chi connectivity index (χ2n) is 4.28. The maximum absolute atomic E-state index is 11.5. The second-order valence-corrected chi connectivity index (χ2v) is 4.72. The molecule has 1 saturated heterocycles. The summed E-state index contributed by atoms with van der Waals surface area (Å²) in [7, 11) is 0. The van der Waals surface area contributed by atoms with Gasteiger partial charge in [0.1, 0.15) is 0 Å². The summed E-state index contributed by atoms with van der Waals surface area (Å²) in [4.78, 5) is 13.3. The van der Waals surface area contributed by atoms with Crippen LogP contribution in [0.1, 0.15) is 13.3 Å². The van der Waals surface area contributed by atoms with Crippen LogP contribution in [0, 0.1) is 0 Å². The molecule has 5 heteroatoms. The molecule has 4 nitrogen and oxygen atoms in total. The molecule has 1 aliphatic rings. The van der Waals surface area contributed by atoms with E-state index in [2.05, 4.69) is 5.32 Å². The van der Waals surface area contributed by atoms with Crippen LogP contribution >= 0.6 is 11.6 Å². The van der Waals surface area contributed by atoms with Crippen LogP contribution in [0.5, 0.6) is 0 Å². The van der Waals surface area contributed by atoms with Crippen molar-refractivity contribution in [2.45, 2.75) is 19.4 Å². The van der Waals surface area contributed by atoms with E-state index in [-0.39, 0.29) is 12.1 Å². The highest BCUT2D eigenvalue weighted by atomic mass is 35.5. The molecular formula is C13H17ClN2O2. The van der Waals surface area contributed by atoms with Crippen LogP contribution in [0.3, 0.4) is 0 Å². The SMILES string of the molecule is CCOC(=O)N1CCC(Nc2ccc(Cl)cc2)C1. The first-order valence-electron chi connectivity index (χ1n) is 6.13. The van der Waals surface area contributed by atoms with E-state index in [1.54, 1.807) is 4.90 Å². The molecule has 0 bridgehead atoms. The fourth-order valence-corrected chi connectivity index (χ4v) is 2.17. The van der Waals surface area contributed by atoms with E-state index in [9.17, 15) is 4.79 Å². The van der Waals surface area contributed by atoms with Gasteiger partial charge >= 0.3 is 6.09 Å². The number of benzene rings is 1. The van der Waals surface area contributed by atoms with Gasteiger partial charge in [-0.25, -0.2) is 4.79 Å². The number of halogens is 1. The minimum atomic E-state index is -0.224. The quantitative estimate of drug-likeness (QED) is 0.916. The lowest BCUT2D eigenvalue weighted by Crippen LogP contribution is -2.32. The Balaban J connectivity index is 1.86. The zero-order valence-corrected chi connectivity index (χ0v) is 11.1. The van der Waals surface area contributed by atoms with Crippen molar-refractivity contribution in [3.8, 4) is 0 Å². The van der Waals surface area contributed by atoms with Gasteiger partial charge in [-0.15, -0.1) is 0 Å². The molecule has 1 aromatic rings. The predicted molar refractivity (Wildman–Crippen MR) is 72.1 cm³/mol. The Hall–Kier alpha value is -1.42. The number of nitrogens with zero attached hydrogens (tertiary/aromatic N) is 1. The summed E-state index contributed by atoms with van der Waals surface area (Å²) in [5, 5.41) is 4.11. The zero-order chi connectivity index (χ0) is 13.0. The van der Waals surface area contributed by atoms with Gasteiger partial charge in [-0.05, 0) is 37.6 Å². The molecule has 1 unspecified atom stereocenters. The minimum absolute atomic E-state index is 0.224. The lowest BCUT2D eigenvalue weighted by molar-refractivity contribution is 0.115. The number of carbonyl (C=O) groups excluding carboxylic acids is 1. The van der Waals surface area contributed by atoms with Gasteiger partial charge in [-0.2, -0.15) is 0 Å². The molecule has 1 amide bonds. The summed E-state index contributed by atoms with van der Waals surface area (Å²) in [6.45, 7) is 3.66. The molecule has 0 spiro atoms. The Morgan fingerprint density at radius 1 is 1.50 bits per heavy atom. The van der Waals surface area contributed by atoms with Gasteiger partial charge < -0.3 is 15.0 Å². The van der Waals surface area contributed by atoms with Crippen LogP contribution in [0.2, 0.25) is 5.02 Å².